The molecule has 0 aromatic heterocycles. The minimum absolute atomic E-state index is 0. The van der Waals surface area contributed by atoms with Crippen LogP contribution in [0.2, 0.25) is 0 Å². The third-order valence-corrected chi connectivity index (χ3v) is 8.44. The topological polar surface area (TPSA) is 71.3 Å². The van der Waals surface area contributed by atoms with Crippen LogP contribution in [0.5, 0.6) is 17.2 Å². The molecule has 0 bridgehead atoms. The van der Waals surface area contributed by atoms with Crippen LogP contribution in [0.15, 0.2) is 59.6 Å². The fourth-order valence-electron chi connectivity index (χ4n) is 5.28. The molecule has 0 unspecified atom stereocenters. The molecular weight excluding hydrogens is 667 g/mol. The van der Waals surface area contributed by atoms with Crippen LogP contribution in [0.3, 0.4) is 0 Å². The summed E-state index contributed by atoms with van der Waals surface area (Å²) in [6, 6.07) is 14.0. The molecule has 1 radical (unpaired) electrons. The maximum Gasteiger partial charge on any atom is 0.419 e. The molecule has 1 atom stereocenters. The van der Waals surface area contributed by atoms with Crippen molar-refractivity contribution in [1.82, 2.24) is 0 Å². The summed E-state index contributed by atoms with van der Waals surface area (Å²) in [7, 11) is 0. The van der Waals surface area contributed by atoms with Crippen LogP contribution in [0.25, 0.3) is 0 Å². The third kappa shape index (κ3) is 9.79. The van der Waals surface area contributed by atoms with Crippen molar-refractivity contribution in [2.24, 2.45) is 4.99 Å². The van der Waals surface area contributed by atoms with E-state index in [1.807, 2.05) is 36.4 Å². The van der Waals surface area contributed by atoms with E-state index in [0.29, 0.717) is 35.8 Å². The van der Waals surface area contributed by atoms with E-state index < -0.39 is 29.1 Å². The van der Waals surface area contributed by atoms with Crippen molar-refractivity contribution in [1.29, 1.82) is 0 Å². The minimum atomic E-state index is -4.74. The van der Waals surface area contributed by atoms with E-state index in [2.05, 4.69) is 60.4 Å². The SMILES string of the molecule is CCCCOc1ccc(C(C)(C)C)cc1C(O)(c1cc(C(C)(C)C)ccc1OCCCC)[C@@H](C)N=Cc1cccc(C(F)(F)F)c1O.[Cu]. The summed E-state index contributed by atoms with van der Waals surface area (Å²) in [5.41, 5.74) is -0.807. The molecule has 269 valence electrons. The fraction of sp³-hybridized carbons (Fsp3) is 0.513. The largest absolute Gasteiger partial charge is 0.507 e. The van der Waals surface area contributed by atoms with Gasteiger partial charge in [-0.25, -0.2) is 0 Å². The van der Waals surface area contributed by atoms with Gasteiger partial charge in [-0.1, -0.05) is 86.4 Å². The molecule has 9 heteroatoms. The minimum Gasteiger partial charge on any atom is -0.507 e. The number of benzene rings is 3. The third-order valence-electron chi connectivity index (χ3n) is 8.44. The predicted molar refractivity (Wildman–Crippen MR) is 184 cm³/mol. The number of ether oxygens (including phenoxy) is 2. The second-order valence-corrected chi connectivity index (χ2v) is 14.3. The molecule has 0 saturated heterocycles. The van der Waals surface area contributed by atoms with Crippen LogP contribution in [0, 0.1) is 0 Å². The Morgan fingerprint density at radius 2 is 1.21 bits per heavy atom. The van der Waals surface area contributed by atoms with E-state index in [1.54, 1.807) is 6.92 Å². The van der Waals surface area contributed by atoms with Gasteiger partial charge in [0, 0.05) is 40.0 Å². The number of aromatic hydroxyl groups is 1. The average Bonchev–Trinajstić information content (AvgIpc) is 2.98. The summed E-state index contributed by atoms with van der Waals surface area (Å²) >= 11 is 0. The molecule has 0 amide bonds. The number of hydrogen-bond acceptors (Lipinski definition) is 5. The van der Waals surface area contributed by atoms with Crippen molar-refractivity contribution >= 4 is 6.21 Å². The zero-order valence-corrected chi connectivity index (χ0v) is 30.6. The molecule has 0 aliphatic carbocycles. The van der Waals surface area contributed by atoms with Gasteiger partial charge < -0.3 is 19.7 Å². The Morgan fingerprint density at radius 3 is 1.60 bits per heavy atom. The Kier molecular flexibility index (Phi) is 14.2. The van der Waals surface area contributed by atoms with Crippen LogP contribution < -0.4 is 9.47 Å². The second-order valence-electron chi connectivity index (χ2n) is 14.3. The number of hydrogen-bond donors (Lipinski definition) is 2. The molecule has 5 nitrogen and oxygen atoms in total. The Labute approximate surface area is 295 Å². The Hall–Kier alpha value is -3.00. The number of para-hydroxylation sites is 1. The van der Waals surface area contributed by atoms with Crippen molar-refractivity contribution in [3.05, 3.63) is 88.0 Å². The summed E-state index contributed by atoms with van der Waals surface area (Å²) in [6.45, 7) is 19.2. The van der Waals surface area contributed by atoms with Crippen LogP contribution in [0.1, 0.15) is 121 Å². The Bertz CT molecular complexity index is 1450. The van der Waals surface area contributed by atoms with E-state index >= 15 is 0 Å². The van der Waals surface area contributed by atoms with Gasteiger partial charge >= 0.3 is 6.18 Å². The maximum absolute atomic E-state index is 13.6. The van der Waals surface area contributed by atoms with Gasteiger partial charge in [0.05, 0.1) is 24.8 Å². The van der Waals surface area contributed by atoms with Gasteiger partial charge in [0.1, 0.15) is 22.8 Å². The van der Waals surface area contributed by atoms with Crippen molar-refractivity contribution in [2.75, 3.05) is 13.2 Å². The van der Waals surface area contributed by atoms with Gasteiger partial charge in [0.15, 0.2) is 0 Å². The quantitative estimate of drug-likeness (QED) is 0.105. The summed E-state index contributed by atoms with van der Waals surface area (Å²) in [6.07, 6.45) is -0.0837. The first-order valence-electron chi connectivity index (χ1n) is 16.6. The van der Waals surface area contributed by atoms with Gasteiger partial charge in [-0.15, -0.1) is 0 Å². The molecule has 2 N–H and O–H groups in total. The van der Waals surface area contributed by atoms with Crippen molar-refractivity contribution < 1.29 is 49.9 Å². The smallest absolute Gasteiger partial charge is 0.419 e. The van der Waals surface area contributed by atoms with Crippen LogP contribution in [-0.2, 0) is 39.7 Å². The summed E-state index contributed by atoms with van der Waals surface area (Å²) in [5, 5.41) is 23.8. The number of nitrogens with zero attached hydrogens (tertiary/aromatic N) is 1. The first-order chi connectivity index (χ1) is 21.8. The number of halogens is 3. The summed E-state index contributed by atoms with van der Waals surface area (Å²) in [4.78, 5) is 4.65. The van der Waals surface area contributed by atoms with Gasteiger partial charge in [0.2, 0.25) is 0 Å². The predicted octanol–water partition coefficient (Wildman–Crippen LogP) is 10.1. The first kappa shape index (κ1) is 41.2. The fourth-order valence-corrected chi connectivity index (χ4v) is 5.28. The van der Waals surface area contributed by atoms with E-state index in [9.17, 15) is 23.4 Å². The molecule has 0 aliphatic heterocycles. The van der Waals surface area contributed by atoms with Crippen LogP contribution in [0.4, 0.5) is 13.2 Å². The normalized spacial score (nSPS) is 13.4. The Morgan fingerprint density at radius 1 is 0.750 bits per heavy atom. The van der Waals surface area contributed by atoms with Crippen LogP contribution >= 0.6 is 0 Å². The number of aliphatic imine (C=N–C) groups is 1. The molecule has 48 heavy (non-hydrogen) atoms. The average molecular weight is 719 g/mol. The molecule has 3 rings (SSSR count). The van der Waals surface area contributed by atoms with Crippen LogP contribution in [-0.4, -0.2) is 35.7 Å². The number of unbranched alkanes of at least 4 members (excludes halogenated alkanes) is 2. The number of phenolic OH excluding ortho intramolecular Hbond substituents is 1. The Balaban J connectivity index is 0.00000800. The number of phenols is 1. The van der Waals surface area contributed by atoms with E-state index in [-0.39, 0.29) is 33.5 Å². The van der Waals surface area contributed by atoms with E-state index in [0.717, 1.165) is 42.9 Å². The van der Waals surface area contributed by atoms with E-state index in [4.69, 9.17) is 9.47 Å². The van der Waals surface area contributed by atoms with Gasteiger partial charge in [-0.3, -0.25) is 4.99 Å². The number of rotatable bonds is 13. The zero-order chi connectivity index (χ0) is 35.2. The van der Waals surface area contributed by atoms with Crippen molar-refractivity contribution in [3.63, 3.8) is 0 Å². The molecule has 3 aromatic carbocycles. The monoisotopic (exact) mass is 718 g/mol. The van der Waals surface area contributed by atoms with Gasteiger partial charge in [-0.2, -0.15) is 13.2 Å². The van der Waals surface area contributed by atoms with Gasteiger partial charge in [0.25, 0.3) is 0 Å². The standard InChI is InChI=1S/C39H52F3NO4.Cu/c1-10-12-21-46-33-19-17-28(36(4,5)6)23-31(33)38(45,26(3)43-25-27-15-14-16-30(35(27)44)39(40,41)42)32-24-29(37(7,8)9)18-20-34(32)47-22-13-11-2;/h14-20,23-26,44-45H,10-13,21-22H2,1-9H3;/t26-;/m1./s1. The maximum atomic E-state index is 13.6. The summed E-state index contributed by atoms with van der Waals surface area (Å²) < 4.78 is 53.4. The molecule has 3 aromatic rings. The summed E-state index contributed by atoms with van der Waals surface area (Å²) in [5.74, 6) is 0.0493. The molecule has 0 fully saturated rings. The van der Waals surface area contributed by atoms with Crippen molar-refractivity contribution in [3.8, 4) is 17.2 Å². The molecule has 0 heterocycles. The molecule has 0 saturated carbocycles. The molecule has 0 spiro atoms. The van der Waals surface area contributed by atoms with E-state index in [1.165, 1.54) is 18.3 Å². The molecular formula is C39H52CuF3NO4. The molecule has 0 aliphatic rings. The zero-order valence-electron chi connectivity index (χ0n) is 29.7. The number of alkyl halides is 3. The van der Waals surface area contributed by atoms with Gasteiger partial charge in [-0.05, 0) is 78.1 Å². The second kappa shape index (κ2) is 16.6. The first-order valence-corrected chi connectivity index (χ1v) is 16.6. The number of aliphatic hydroxyl groups is 1. The van der Waals surface area contributed by atoms with Crippen molar-refractivity contribution in [2.45, 2.75) is 117 Å².